The number of likely N-dealkylation sites (tertiary alicyclic amines) is 1. The van der Waals surface area contributed by atoms with Crippen LogP contribution in [0.2, 0.25) is 0 Å². The van der Waals surface area contributed by atoms with Crippen LogP contribution in [-0.4, -0.2) is 41.1 Å². The number of para-hydroxylation sites is 1. The molecule has 1 aliphatic carbocycles. The normalized spacial score (nSPS) is 18.0. The summed E-state index contributed by atoms with van der Waals surface area (Å²) in [6.07, 6.45) is 10.9. The Morgan fingerprint density at radius 2 is 1.82 bits per heavy atom. The third kappa shape index (κ3) is 4.98. The zero-order valence-corrected chi connectivity index (χ0v) is 19.6. The van der Waals surface area contributed by atoms with E-state index in [1.165, 1.54) is 44.6 Å². The standard InChI is InChI=1S/C26H30N2O4S/c29-25(27-19-10-13-28(14-11-19)26(30)18-12-15-31-16-18)24-22(17-33-20-6-2-1-3-7-20)21-8-4-5-9-23(21)32-24/h4-5,8-9,12,15-16,19-20H,1-3,6-7,10-11,13-14,17H2,(H,27,29). The van der Waals surface area contributed by atoms with Gasteiger partial charge in [-0.05, 0) is 37.8 Å². The van der Waals surface area contributed by atoms with Crippen LogP contribution in [0.1, 0.15) is 71.4 Å². The molecule has 33 heavy (non-hydrogen) atoms. The monoisotopic (exact) mass is 466 g/mol. The van der Waals surface area contributed by atoms with Gasteiger partial charge in [0.05, 0.1) is 11.8 Å². The molecule has 1 saturated heterocycles. The van der Waals surface area contributed by atoms with E-state index in [1.54, 1.807) is 6.07 Å². The zero-order chi connectivity index (χ0) is 22.6. The Kier molecular flexibility index (Phi) is 6.76. The fraction of sp³-hybridized carbons (Fsp3) is 0.462. The summed E-state index contributed by atoms with van der Waals surface area (Å²) in [5.41, 5.74) is 2.34. The molecule has 1 aliphatic heterocycles. The van der Waals surface area contributed by atoms with Gasteiger partial charge in [0.15, 0.2) is 5.76 Å². The molecule has 6 nitrogen and oxygen atoms in total. The largest absolute Gasteiger partial charge is 0.472 e. The van der Waals surface area contributed by atoms with Crippen LogP contribution < -0.4 is 5.32 Å². The number of rotatable bonds is 6. The Balaban J connectivity index is 1.24. The second-order valence-corrected chi connectivity index (χ2v) is 10.3. The van der Waals surface area contributed by atoms with Gasteiger partial charge < -0.3 is 19.1 Å². The summed E-state index contributed by atoms with van der Waals surface area (Å²) in [5, 5.41) is 4.87. The Bertz CT molecular complexity index is 1090. The lowest BCUT2D eigenvalue weighted by atomic mass is 10.0. The molecular formula is C26H30N2O4S. The molecule has 0 atom stereocenters. The van der Waals surface area contributed by atoms with Crippen molar-refractivity contribution >= 4 is 34.5 Å². The van der Waals surface area contributed by atoms with Crippen molar-refractivity contribution in [2.75, 3.05) is 13.1 Å². The second kappa shape index (κ2) is 10.1. The van der Waals surface area contributed by atoms with Crippen LogP contribution >= 0.6 is 11.8 Å². The van der Waals surface area contributed by atoms with Crippen LogP contribution in [0.5, 0.6) is 0 Å². The fourth-order valence-corrected chi connectivity index (χ4v) is 6.26. The highest BCUT2D eigenvalue weighted by molar-refractivity contribution is 7.99. The van der Waals surface area contributed by atoms with Crippen LogP contribution in [0, 0.1) is 0 Å². The third-order valence-corrected chi connectivity index (χ3v) is 8.20. The Labute approximate surface area is 198 Å². The van der Waals surface area contributed by atoms with Crippen LogP contribution in [0.3, 0.4) is 0 Å². The fourth-order valence-electron chi connectivity index (χ4n) is 4.91. The maximum absolute atomic E-state index is 13.2. The third-order valence-electron chi connectivity index (χ3n) is 6.81. The summed E-state index contributed by atoms with van der Waals surface area (Å²) in [7, 11) is 0. The molecule has 0 radical (unpaired) electrons. The summed E-state index contributed by atoms with van der Waals surface area (Å²) >= 11 is 1.96. The van der Waals surface area contributed by atoms with E-state index in [9.17, 15) is 9.59 Å². The van der Waals surface area contributed by atoms with Crippen LogP contribution in [0.15, 0.2) is 51.7 Å². The second-order valence-electron chi connectivity index (χ2n) is 9.03. The molecule has 2 amide bonds. The van der Waals surface area contributed by atoms with Crippen molar-refractivity contribution in [3.63, 3.8) is 0 Å². The van der Waals surface area contributed by atoms with Gasteiger partial charge in [-0.3, -0.25) is 9.59 Å². The van der Waals surface area contributed by atoms with Crippen molar-refractivity contribution in [1.29, 1.82) is 0 Å². The summed E-state index contributed by atoms with van der Waals surface area (Å²) in [6.45, 7) is 1.22. The Hall–Kier alpha value is -2.67. The van der Waals surface area contributed by atoms with Crippen molar-refractivity contribution in [1.82, 2.24) is 10.2 Å². The molecular weight excluding hydrogens is 436 g/mol. The van der Waals surface area contributed by atoms with Gasteiger partial charge in [0.25, 0.3) is 11.8 Å². The number of nitrogens with zero attached hydrogens (tertiary/aromatic N) is 1. The van der Waals surface area contributed by atoms with E-state index in [-0.39, 0.29) is 17.9 Å². The first-order valence-electron chi connectivity index (χ1n) is 11.9. The van der Waals surface area contributed by atoms with Gasteiger partial charge in [0.1, 0.15) is 11.8 Å². The van der Waals surface area contributed by atoms with Crippen molar-refractivity contribution < 1.29 is 18.4 Å². The lowest BCUT2D eigenvalue weighted by Gasteiger charge is -2.32. The van der Waals surface area contributed by atoms with Crippen LogP contribution in [0.4, 0.5) is 0 Å². The summed E-state index contributed by atoms with van der Waals surface area (Å²) in [5.74, 6) is 1.07. The number of nitrogens with one attached hydrogen (secondary N) is 1. The maximum Gasteiger partial charge on any atom is 0.287 e. The molecule has 7 heteroatoms. The minimum Gasteiger partial charge on any atom is -0.472 e. The van der Waals surface area contributed by atoms with Crippen LogP contribution in [0.25, 0.3) is 11.0 Å². The van der Waals surface area contributed by atoms with Crippen molar-refractivity contribution in [3.05, 3.63) is 59.7 Å². The van der Waals surface area contributed by atoms with Gasteiger partial charge in [0, 0.05) is 41.1 Å². The lowest BCUT2D eigenvalue weighted by Crippen LogP contribution is -2.46. The minimum atomic E-state index is -0.148. The van der Waals surface area contributed by atoms with E-state index in [0.29, 0.717) is 29.7 Å². The quantitative estimate of drug-likeness (QED) is 0.510. The van der Waals surface area contributed by atoms with Gasteiger partial charge >= 0.3 is 0 Å². The number of carbonyl (C=O) groups excluding carboxylic acids is 2. The molecule has 1 aromatic carbocycles. The van der Waals surface area contributed by atoms with Crippen molar-refractivity contribution in [2.45, 2.75) is 62.0 Å². The summed E-state index contributed by atoms with van der Waals surface area (Å²) in [4.78, 5) is 27.6. The highest BCUT2D eigenvalue weighted by Crippen LogP contribution is 2.35. The molecule has 3 heterocycles. The van der Waals surface area contributed by atoms with Crippen molar-refractivity contribution in [2.24, 2.45) is 0 Å². The highest BCUT2D eigenvalue weighted by atomic mass is 32.2. The highest BCUT2D eigenvalue weighted by Gasteiger charge is 2.28. The number of thioether (sulfide) groups is 1. The molecule has 0 unspecified atom stereocenters. The molecule has 2 aromatic heterocycles. The first kappa shape index (κ1) is 22.1. The first-order chi connectivity index (χ1) is 16.2. The predicted molar refractivity (Wildman–Crippen MR) is 129 cm³/mol. The molecule has 5 rings (SSSR count). The van der Waals surface area contributed by atoms with E-state index in [0.717, 1.165) is 35.1 Å². The van der Waals surface area contributed by atoms with E-state index in [2.05, 4.69) is 5.32 Å². The van der Waals surface area contributed by atoms with Gasteiger partial charge in [-0.2, -0.15) is 11.8 Å². The van der Waals surface area contributed by atoms with E-state index in [4.69, 9.17) is 8.83 Å². The van der Waals surface area contributed by atoms with Crippen LogP contribution in [-0.2, 0) is 5.75 Å². The summed E-state index contributed by atoms with van der Waals surface area (Å²) in [6, 6.07) is 9.63. The number of amides is 2. The number of carbonyl (C=O) groups is 2. The van der Waals surface area contributed by atoms with E-state index < -0.39 is 0 Å². The molecule has 0 spiro atoms. The van der Waals surface area contributed by atoms with Gasteiger partial charge in [-0.25, -0.2) is 0 Å². The molecule has 2 aliphatic rings. The number of fused-ring (bicyclic) bond motifs is 1. The first-order valence-corrected chi connectivity index (χ1v) is 13.0. The number of hydrogen-bond donors (Lipinski definition) is 1. The predicted octanol–water partition coefficient (Wildman–Crippen LogP) is 5.63. The molecule has 2 fully saturated rings. The number of hydrogen-bond acceptors (Lipinski definition) is 5. The Morgan fingerprint density at radius 1 is 1.03 bits per heavy atom. The van der Waals surface area contributed by atoms with E-state index >= 15 is 0 Å². The van der Waals surface area contributed by atoms with Gasteiger partial charge in [-0.15, -0.1) is 0 Å². The molecule has 1 saturated carbocycles. The van der Waals surface area contributed by atoms with Gasteiger partial charge in [0.2, 0.25) is 0 Å². The summed E-state index contributed by atoms with van der Waals surface area (Å²) < 4.78 is 11.1. The van der Waals surface area contributed by atoms with Gasteiger partial charge in [-0.1, -0.05) is 37.5 Å². The topological polar surface area (TPSA) is 75.7 Å². The molecule has 1 N–H and O–H groups in total. The SMILES string of the molecule is O=C(NC1CCN(C(=O)c2ccoc2)CC1)c1oc2ccccc2c1CSC1CCCCC1. The average Bonchev–Trinajstić information content (AvgIpc) is 3.52. The number of piperidine rings is 1. The minimum absolute atomic E-state index is 0.0205. The molecule has 3 aromatic rings. The smallest absolute Gasteiger partial charge is 0.287 e. The molecule has 0 bridgehead atoms. The molecule has 174 valence electrons. The lowest BCUT2D eigenvalue weighted by molar-refractivity contribution is 0.0695. The zero-order valence-electron chi connectivity index (χ0n) is 18.8. The maximum atomic E-state index is 13.2. The average molecular weight is 467 g/mol. The number of furan rings is 2. The van der Waals surface area contributed by atoms with Crippen molar-refractivity contribution in [3.8, 4) is 0 Å². The number of benzene rings is 1. The van der Waals surface area contributed by atoms with E-state index in [1.807, 2.05) is 40.9 Å². The Morgan fingerprint density at radius 3 is 2.58 bits per heavy atom.